The van der Waals surface area contributed by atoms with Gasteiger partial charge in [0.1, 0.15) is 10.9 Å². The Balaban J connectivity index is 2.50. The Morgan fingerprint density at radius 3 is 2.60 bits per heavy atom. The molecule has 1 heterocycles. The normalized spacial score (nSPS) is 20.4. The molecule has 110 valence electrons. The quantitative estimate of drug-likeness (QED) is 0.872. The van der Waals surface area contributed by atoms with Gasteiger partial charge in [-0.1, -0.05) is 25.0 Å². The van der Waals surface area contributed by atoms with E-state index in [4.69, 9.17) is 5.14 Å². The van der Waals surface area contributed by atoms with Crippen LogP contribution in [0.25, 0.3) is 0 Å². The van der Waals surface area contributed by atoms with Crippen molar-refractivity contribution in [1.82, 2.24) is 0 Å². The number of sulfonamides is 1. The molecule has 1 unspecified atom stereocenters. The van der Waals surface area contributed by atoms with Crippen LogP contribution in [0.1, 0.15) is 25.7 Å². The average Bonchev–Trinajstić information content (AvgIpc) is 2.63. The van der Waals surface area contributed by atoms with Crippen molar-refractivity contribution in [3.8, 4) is 0 Å². The molecule has 0 saturated carbocycles. The summed E-state index contributed by atoms with van der Waals surface area (Å²) in [6, 6.07) is 5.58. The van der Waals surface area contributed by atoms with E-state index in [1.54, 1.807) is 23.1 Å². The highest BCUT2D eigenvalue weighted by Gasteiger charge is 2.30. The van der Waals surface area contributed by atoms with Crippen LogP contribution < -0.4 is 10.0 Å². The predicted molar refractivity (Wildman–Crippen MR) is 75.1 cm³/mol. The maximum atomic E-state index is 11.7. The number of hydrogen-bond acceptors (Lipinski definition) is 4. The van der Waals surface area contributed by atoms with Crippen LogP contribution >= 0.6 is 0 Å². The van der Waals surface area contributed by atoms with E-state index in [0.717, 1.165) is 19.3 Å². The minimum absolute atomic E-state index is 0.0202. The number of aliphatic carboxylic acids is 1. The molecule has 0 spiro atoms. The SMILES string of the molecule is NS(=O)(=O)c1ccccc1N1CCCCCC1C(=O)O. The predicted octanol–water partition coefficient (Wildman–Crippen LogP) is 1.17. The van der Waals surface area contributed by atoms with Gasteiger partial charge in [0.2, 0.25) is 10.0 Å². The van der Waals surface area contributed by atoms with Gasteiger partial charge in [-0.05, 0) is 25.0 Å². The van der Waals surface area contributed by atoms with Crippen molar-refractivity contribution in [2.24, 2.45) is 5.14 Å². The highest BCUT2D eigenvalue weighted by molar-refractivity contribution is 7.89. The molecule has 1 aromatic rings. The molecule has 0 aliphatic carbocycles. The van der Waals surface area contributed by atoms with Crippen molar-refractivity contribution in [3.05, 3.63) is 24.3 Å². The zero-order valence-corrected chi connectivity index (χ0v) is 11.8. The molecule has 0 radical (unpaired) electrons. The number of anilines is 1. The summed E-state index contributed by atoms with van der Waals surface area (Å²) in [7, 11) is -3.88. The summed E-state index contributed by atoms with van der Waals surface area (Å²) in [5.41, 5.74) is 0.379. The average molecular weight is 298 g/mol. The van der Waals surface area contributed by atoms with E-state index in [0.29, 0.717) is 18.7 Å². The molecule has 1 aliphatic rings. The first-order chi connectivity index (χ1) is 9.41. The first kappa shape index (κ1) is 14.8. The molecule has 1 aromatic carbocycles. The lowest BCUT2D eigenvalue weighted by Gasteiger charge is -2.30. The standard InChI is InChI=1S/C13H18N2O4S/c14-20(18,19)12-8-4-3-6-10(12)15-9-5-1-2-7-11(15)13(16)17/h3-4,6,8,11H,1-2,5,7,9H2,(H,16,17)(H2,14,18,19). The van der Waals surface area contributed by atoms with Crippen LogP contribution in [0.2, 0.25) is 0 Å². The number of carbonyl (C=O) groups is 1. The fourth-order valence-corrected chi connectivity index (χ4v) is 3.33. The summed E-state index contributed by atoms with van der Waals surface area (Å²) < 4.78 is 23.3. The second kappa shape index (κ2) is 5.80. The molecule has 6 nitrogen and oxygen atoms in total. The Labute approximate surface area is 118 Å². The van der Waals surface area contributed by atoms with Gasteiger partial charge in [0, 0.05) is 6.54 Å². The molecular weight excluding hydrogens is 280 g/mol. The van der Waals surface area contributed by atoms with E-state index in [1.165, 1.54) is 6.07 Å². The third-order valence-electron chi connectivity index (χ3n) is 3.52. The molecule has 1 atom stereocenters. The summed E-state index contributed by atoms with van der Waals surface area (Å²) in [6.07, 6.45) is 3.11. The number of hydrogen-bond donors (Lipinski definition) is 2. The van der Waals surface area contributed by atoms with Crippen LogP contribution in [-0.2, 0) is 14.8 Å². The van der Waals surface area contributed by atoms with Gasteiger partial charge >= 0.3 is 5.97 Å². The number of para-hydroxylation sites is 1. The van der Waals surface area contributed by atoms with Crippen LogP contribution in [-0.4, -0.2) is 32.1 Å². The van der Waals surface area contributed by atoms with Crippen molar-refractivity contribution < 1.29 is 18.3 Å². The van der Waals surface area contributed by atoms with Gasteiger partial charge < -0.3 is 10.0 Å². The monoisotopic (exact) mass is 298 g/mol. The highest BCUT2D eigenvalue weighted by Crippen LogP contribution is 2.29. The summed E-state index contributed by atoms with van der Waals surface area (Å²) >= 11 is 0. The van der Waals surface area contributed by atoms with Crippen LogP contribution in [0.3, 0.4) is 0 Å². The number of nitrogens with two attached hydrogens (primary N) is 1. The van der Waals surface area contributed by atoms with E-state index in [1.807, 2.05) is 0 Å². The maximum Gasteiger partial charge on any atom is 0.326 e. The second-order valence-electron chi connectivity index (χ2n) is 4.91. The molecule has 1 saturated heterocycles. The zero-order valence-electron chi connectivity index (χ0n) is 11.0. The Morgan fingerprint density at radius 1 is 1.25 bits per heavy atom. The number of rotatable bonds is 3. The van der Waals surface area contributed by atoms with Gasteiger partial charge in [-0.25, -0.2) is 18.4 Å². The fraction of sp³-hybridized carbons (Fsp3) is 0.462. The van der Waals surface area contributed by atoms with Crippen molar-refractivity contribution in [1.29, 1.82) is 0 Å². The molecule has 0 amide bonds. The summed E-state index contributed by atoms with van der Waals surface area (Å²) in [5, 5.41) is 14.6. The fourth-order valence-electron chi connectivity index (χ4n) is 2.59. The first-order valence-electron chi connectivity index (χ1n) is 6.52. The van der Waals surface area contributed by atoms with E-state index in [2.05, 4.69) is 0 Å². The minimum Gasteiger partial charge on any atom is -0.480 e. The van der Waals surface area contributed by atoms with Crippen molar-refractivity contribution in [2.75, 3.05) is 11.4 Å². The molecule has 3 N–H and O–H groups in total. The Hall–Kier alpha value is -1.60. The molecule has 0 aromatic heterocycles. The molecule has 1 aliphatic heterocycles. The molecular formula is C13H18N2O4S. The van der Waals surface area contributed by atoms with Crippen molar-refractivity contribution in [3.63, 3.8) is 0 Å². The van der Waals surface area contributed by atoms with Crippen LogP contribution in [0, 0.1) is 0 Å². The summed E-state index contributed by atoms with van der Waals surface area (Å²) in [4.78, 5) is 13.1. The molecule has 20 heavy (non-hydrogen) atoms. The lowest BCUT2D eigenvalue weighted by molar-refractivity contribution is -0.138. The third kappa shape index (κ3) is 3.10. The first-order valence-corrected chi connectivity index (χ1v) is 8.07. The number of nitrogens with zero attached hydrogens (tertiary/aromatic N) is 1. The topological polar surface area (TPSA) is 101 Å². The van der Waals surface area contributed by atoms with Gasteiger partial charge in [0.25, 0.3) is 0 Å². The van der Waals surface area contributed by atoms with Gasteiger partial charge in [0.15, 0.2) is 0 Å². The molecule has 2 rings (SSSR count). The van der Waals surface area contributed by atoms with E-state index in [9.17, 15) is 18.3 Å². The lowest BCUT2D eigenvalue weighted by atomic mass is 10.1. The number of carboxylic acid groups (broad SMARTS) is 1. The zero-order chi connectivity index (χ0) is 14.8. The van der Waals surface area contributed by atoms with Crippen LogP contribution in [0.5, 0.6) is 0 Å². The van der Waals surface area contributed by atoms with Crippen LogP contribution in [0.15, 0.2) is 29.2 Å². The van der Waals surface area contributed by atoms with E-state index < -0.39 is 22.0 Å². The van der Waals surface area contributed by atoms with Crippen molar-refractivity contribution >= 4 is 21.7 Å². The molecule has 7 heteroatoms. The maximum absolute atomic E-state index is 11.7. The third-order valence-corrected chi connectivity index (χ3v) is 4.48. The van der Waals surface area contributed by atoms with Crippen molar-refractivity contribution in [2.45, 2.75) is 36.6 Å². The Bertz CT molecular complexity index is 600. The summed E-state index contributed by atoms with van der Waals surface area (Å²) in [5.74, 6) is -0.934. The second-order valence-corrected chi connectivity index (χ2v) is 6.44. The number of benzene rings is 1. The Morgan fingerprint density at radius 2 is 1.95 bits per heavy atom. The summed E-state index contributed by atoms with van der Waals surface area (Å²) in [6.45, 7) is 0.517. The number of primary sulfonamides is 1. The lowest BCUT2D eigenvalue weighted by Crippen LogP contribution is -2.41. The largest absolute Gasteiger partial charge is 0.480 e. The van der Waals surface area contributed by atoms with Gasteiger partial charge in [0.05, 0.1) is 5.69 Å². The number of carboxylic acids is 1. The van der Waals surface area contributed by atoms with E-state index in [-0.39, 0.29) is 4.90 Å². The van der Waals surface area contributed by atoms with Crippen LogP contribution in [0.4, 0.5) is 5.69 Å². The highest BCUT2D eigenvalue weighted by atomic mass is 32.2. The molecule has 1 fully saturated rings. The minimum atomic E-state index is -3.88. The van der Waals surface area contributed by atoms with Gasteiger partial charge in [-0.2, -0.15) is 0 Å². The van der Waals surface area contributed by atoms with E-state index >= 15 is 0 Å². The molecule has 0 bridgehead atoms. The van der Waals surface area contributed by atoms with Gasteiger partial charge in [-0.15, -0.1) is 0 Å². The smallest absolute Gasteiger partial charge is 0.326 e. The van der Waals surface area contributed by atoms with Gasteiger partial charge in [-0.3, -0.25) is 0 Å². The Kier molecular flexibility index (Phi) is 4.29.